The molecule has 0 aliphatic carbocycles. The van der Waals surface area contributed by atoms with Crippen LogP contribution >= 0.6 is 0 Å². The lowest BCUT2D eigenvalue weighted by Crippen LogP contribution is -2.37. The average Bonchev–Trinajstić information content (AvgIpc) is 2.82. The van der Waals surface area contributed by atoms with E-state index >= 15 is 0 Å². The summed E-state index contributed by atoms with van der Waals surface area (Å²) in [5, 5.41) is 0. The summed E-state index contributed by atoms with van der Waals surface area (Å²) < 4.78 is 1.94. The molecule has 0 unspecified atom stereocenters. The molecule has 4 nitrogen and oxygen atoms in total. The molecule has 0 amide bonds. The quantitative estimate of drug-likeness (QED) is 0.813. The van der Waals surface area contributed by atoms with Crippen LogP contribution in [0.5, 0.6) is 0 Å². The number of para-hydroxylation sites is 1. The van der Waals surface area contributed by atoms with Crippen molar-refractivity contribution in [2.24, 2.45) is 0 Å². The normalized spacial score (nSPS) is 13.7. The van der Waals surface area contributed by atoms with Gasteiger partial charge in [0, 0.05) is 18.3 Å². The summed E-state index contributed by atoms with van der Waals surface area (Å²) in [6.07, 6.45) is 3.07. The van der Waals surface area contributed by atoms with Crippen molar-refractivity contribution in [3.63, 3.8) is 0 Å². The highest BCUT2D eigenvalue weighted by atomic mass is 15.2. The van der Waals surface area contributed by atoms with Crippen LogP contribution in [0.15, 0.2) is 36.5 Å². The Morgan fingerprint density at radius 3 is 2.94 bits per heavy atom. The van der Waals surface area contributed by atoms with Crippen LogP contribution in [0.1, 0.15) is 12.5 Å². The average molecular weight is 241 g/mol. The zero-order chi connectivity index (χ0) is 12.5. The first-order chi connectivity index (χ1) is 8.79. The summed E-state index contributed by atoms with van der Waals surface area (Å²) in [6.45, 7) is 3.88. The highest BCUT2D eigenvalue weighted by molar-refractivity contribution is 5.67. The third kappa shape index (κ3) is 1.70. The molecular weight excluding hydrogens is 224 g/mol. The smallest absolute Gasteiger partial charge is 0.312 e. The molecule has 1 aliphatic rings. The number of rotatable bonds is 2. The van der Waals surface area contributed by atoms with Crippen molar-refractivity contribution < 1.29 is 4.57 Å². The van der Waals surface area contributed by atoms with Crippen molar-refractivity contribution in [1.82, 2.24) is 4.98 Å². The minimum atomic E-state index is 0.569. The second-order valence-corrected chi connectivity index (χ2v) is 4.46. The molecule has 4 heteroatoms. The molecule has 92 valence electrons. The lowest BCUT2D eigenvalue weighted by Gasteiger charge is -2.15. The summed E-state index contributed by atoms with van der Waals surface area (Å²) in [5.41, 5.74) is 8.57. The molecule has 1 aromatic carbocycles. The number of hydrogen-bond acceptors (Lipinski definition) is 3. The topological polar surface area (TPSA) is 46.0 Å². The highest BCUT2D eigenvalue weighted by Crippen LogP contribution is 2.32. The van der Waals surface area contributed by atoms with Crippen LogP contribution in [0.3, 0.4) is 0 Å². The molecular formula is C14H17N4+. The van der Waals surface area contributed by atoms with Crippen LogP contribution in [0.25, 0.3) is 0 Å². The maximum absolute atomic E-state index is 5.94. The second kappa shape index (κ2) is 4.29. The molecule has 2 aromatic rings. The number of aryl methyl sites for hydroxylation is 1. The van der Waals surface area contributed by atoms with Crippen LogP contribution in [0.4, 0.5) is 17.5 Å². The highest BCUT2D eigenvalue weighted by Gasteiger charge is 2.23. The van der Waals surface area contributed by atoms with E-state index in [0.29, 0.717) is 5.95 Å². The fraction of sp³-hybridized carbons (Fsp3) is 0.286. The van der Waals surface area contributed by atoms with Gasteiger partial charge in [-0.25, -0.2) is 4.57 Å². The summed E-state index contributed by atoms with van der Waals surface area (Å²) in [6, 6.07) is 10.5. The predicted molar refractivity (Wildman–Crippen MR) is 71.7 cm³/mol. The molecule has 3 rings (SSSR count). The summed E-state index contributed by atoms with van der Waals surface area (Å²) in [5.74, 6) is 1.50. The number of hydrogen-bond donors (Lipinski definition) is 1. The van der Waals surface area contributed by atoms with Gasteiger partial charge in [0.1, 0.15) is 0 Å². The van der Waals surface area contributed by atoms with E-state index in [2.05, 4.69) is 41.1 Å². The second-order valence-electron chi connectivity index (χ2n) is 4.46. The van der Waals surface area contributed by atoms with E-state index < -0.39 is 0 Å². The minimum absolute atomic E-state index is 0.569. The van der Waals surface area contributed by atoms with Gasteiger partial charge in [0.15, 0.2) is 0 Å². The van der Waals surface area contributed by atoms with Crippen molar-refractivity contribution in [2.75, 3.05) is 17.2 Å². The summed E-state index contributed by atoms with van der Waals surface area (Å²) in [4.78, 5) is 6.72. The van der Waals surface area contributed by atoms with E-state index in [1.54, 1.807) is 0 Å². The Labute approximate surface area is 107 Å². The van der Waals surface area contributed by atoms with Gasteiger partial charge in [0.25, 0.3) is 0 Å². The fourth-order valence-corrected chi connectivity index (χ4v) is 2.45. The SMILES string of the molecule is CC[n+]1ccc(N2CCc3ccccc32)nc1N. The van der Waals surface area contributed by atoms with Gasteiger partial charge in [-0.15, -0.1) is 0 Å². The third-order valence-corrected chi connectivity index (χ3v) is 3.43. The molecule has 2 N–H and O–H groups in total. The number of anilines is 3. The maximum atomic E-state index is 5.94. The van der Waals surface area contributed by atoms with Gasteiger partial charge in [-0.3, -0.25) is 5.73 Å². The molecule has 0 radical (unpaired) electrons. The van der Waals surface area contributed by atoms with Crippen LogP contribution in [0, 0.1) is 0 Å². The number of nitrogen functional groups attached to an aromatic ring is 1. The molecule has 2 heterocycles. The number of fused-ring (bicyclic) bond motifs is 1. The van der Waals surface area contributed by atoms with Gasteiger partial charge in [-0.05, 0) is 25.0 Å². The number of nitrogens with zero attached hydrogens (tertiary/aromatic N) is 3. The van der Waals surface area contributed by atoms with Crippen molar-refractivity contribution in [2.45, 2.75) is 19.9 Å². The Morgan fingerprint density at radius 2 is 2.17 bits per heavy atom. The summed E-state index contributed by atoms with van der Waals surface area (Å²) in [7, 11) is 0. The number of nitrogens with two attached hydrogens (primary N) is 1. The van der Waals surface area contributed by atoms with Crippen molar-refractivity contribution in [1.29, 1.82) is 0 Å². The van der Waals surface area contributed by atoms with E-state index in [4.69, 9.17) is 5.73 Å². The monoisotopic (exact) mass is 241 g/mol. The van der Waals surface area contributed by atoms with Gasteiger partial charge in [-0.2, -0.15) is 0 Å². The summed E-state index contributed by atoms with van der Waals surface area (Å²) >= 11 is 0. The van der Waals surface area contributed by atoms with Crippen LogP contribution < -0.4 is 15.2 Å². The zero-order valence-electron chi connectivity index (χ0n) is 10.5. The van der Waals surface area contributed by atoms with Crippen LogP contribution in [-0.2, 0) is 13.0 Å². The molecule has 0 atom stereocenters. The molecule has 0 saturated heterocycles. The zero-order valence-corrected chi connectivity index (χ0v) is 10.5. The van der Waals surface area contributed by atoms with E-state index in [1.165, 1.54) is 11.3 Å². The van der Waals surface area contributed by atoms with Gasteiger partial charge in [0.05, 0.1) is 12.7 Å². The molecule has 0 fully saturated rings. The lowest BCUT2D eigenvalue weighted by atomic mass is 10.2. The Balaban J connectivity index is 2.00. The third-order valence-electron chi connectivity index (χ3n) is 3.43. The Kier molecular flexibility index (Phi) is 2.63. The fourth-order valence-electron chi connectivity index (χ4n) is 2.45. The standard InChI is InChI=1S/C14H16N4/c1-2-17-9-8-13(16-14(17)15)18-10-7-11-5-3-4-6-12(11)18/h3-6,8-9,15H,2,7,10H2,1H3/p+1. The molecule has 0 spiro atoms. The maximum Gasteiger partial charge on any atom is 0.391 e. The van der Waals surface area contributed by atoms with E-state index in [1.807, 2.05) is 16.8 Å². The van der Waals surface area contributed by atoms with Crippen molar-refractivity contribution >= 4 is 17.5 Å². The first kappa shape index (κ1) is 11.0. The van der Waals surface area contributed by atoms with Gasteiger partial charge in [0.2, 0.25) is 5.82 Å². The Bertz CT molecular complexity index is 580. The number of benzene rings is 1. The van der Waals surface area contributed by atoms with Crippen LogP contribution in [-0.4, -0.2) is 11.5 Å². The minimum Gasteiger partial charge on any atom is -0.312 e. The van der Waals surface area contributed by atoms with Gasteiger partial charge in [-0.1, -0.05) is 23.2 Å². The largest absolute Gasteiger partial charge is 0.391 e. The first-order valence-corrected chi connectivity index (χ1v) is 6.31. The Hall–Kier alpha value is -2.10. The predicted octanol–water partition coefficient (Wildman–Crippen LogP) is 1.67. The number of aromatic nitrogens is 2. The van der Waals surface area contributed by atoms with Crippen molar-refractivity contribution in [3.05, 3.63) is 42.1 Å². The molecule has 0 bridgehead atoms. The van der Waals surface area contributed by atoms with Gasteiger partial charge < -0.3 is 4.90 Å². The van der Waals surface area contributed by atoms with Gasteiger partial charge >= 0.3 is 5.95 Å². The van der Waals surface area contributed by atoms with E-state index in [9.17, 15) is 0 Å². The molecule has 0 saturated carbocycles. The molecule has 1 aliphatic heterocycles. The first-order valence-electron chi connectivity index (χ1n) is 6.31. The van der Waals surface area contributed by atoms with E-state index in [0.717, 1.165) is 25.3 Å². The molecule has 1 aromatic heterocycles. The van der Waals surface area contributed by atoms with E-state index in [-0.39, 0.29) is 0 Å². The Morgan fingerprint density at radius 1 is 1.33 bits per heavy atom. The van der Waals surface area contributed by atoms with Crippen LogP contribution in [0.2, 0.25) is 0 Å². The lowest BCUT2D eigenvalue weighted by molar-refractivity contribution is -0.681. The molecule has 18 heavy (non-hydrogen) atoms. The van der Waals surface area contributed by atoms with Crippen molar-refractivity contribution in [3.8, 4) is 0 Å².